The summed E-state index contributed by atoms with van der Waals surface area (Å²) in [5.41, 5.74) is 2.70. The Kier molecular flexibility index (Phi) is 4.88. The fourth-order valence-electron chi connectivity index (χ4n) is 3.01. The van der Waals surface area contributed by atoms with Gasteiger partial charge in [-0.05, 0) is 42.9 Å². The Bertz CT molecular complexity index is 794. The number of rotatable bonds is 5. The molecule has 0 aliphatic heterocycles. The number of allylic oxidation sites excluding steroid dienone is 2. The highest BCUT2D eigenvalue weighted by molar-refractivity contribution is 6.52. The third-order valence-corrected chi connectivity index (χ3v) is 4.39. The largest absolute Gasteiger partial charge is 0.507 e. The van der Waals surface area contributed by atoms with Crippen molar-refractivity contribution in [1.29, 1.82) is 0 Å². The fourth-order valence-corrected chi connectivity index (χ4v) is 3.01. The number of aliphatic hydroxyl groups is 1. The molecule has 24 heavy (non-hydrogen) atoms. The zero-order valence-electron chi connectivity index (χ0n) is 14.5. The molecule has 126 valence electrons. The molecule has 0 amide bonds. The van der Waals surface area contributed by atoms with Crippen molar-refractivity contribution in [1.82, 2.24) is 0 Å². The lowest BCUT2D eigenvalue weighted by Gasteiger charge is -2.23. The van der Waals surface area contributed by atoms with Gasteiger partial charge in [-0.1, -0.05) is 32.6 Å². The van der Waals surface area contributed by atoms with Gasteiger partial charge in [-0.25, -0.2) is 0 Å². The number of carbonyl (C=O) groups excluding carboxylic acids is 3. The van der Waals surface area contributed by atoms with Gasteiger partial charge in [-0.3, -0.25) is 14.4 Å². The molecule has 0 saturated heterocycles. The highest BCUT2D eigenvalue weighted by Gasteiger charge is 2.36. The second-order valence-corrected chi connectivity index (χ2v) is 6.56. The molecular formula is C20H22O4. The Labute approximate surface area is 141 Å². The van der Waals surface area contributed by atoms with Crippen molar-refractivity contribution in [3.8, 4) is 0 Å². The standard InChI is InChI=1S/C20H22O4/c1-10(2)15(21)9-8-13-12(5)6-7-14-17(13)20(24)19(23)16(11(3)4)18(14)22/h6-7,11,22H,1,8-9H2,2-5H3. The molecule has 0 fully saturated rings. The lowest BCUT2D eigenvalue weighted by molar-refractivity contribution is -0.115. The van der Waals surface area contributed by atoms with Crippen LogP contribution in [-0.4, -0.2) is 22.5 Å². The van der Waals surface area contributed by atoms with E-state index in [2.05, 4.69) is 6.58 Å². The molecule has 1 N–H and O–H groups in total. The molecule has 1 aliphatic carbocycles. The number of Topliss-reactive ketones (excluding diaryl/α,β-unsaturated/α-hetero) is 3. The predicted molar refractivity (Wildman–Crippen MR) is 93.0 cm³/mol. The topological polar surface area (TPSA) is 71.4 Å². The van der Waals surface area contributed by atoms with Gasteiger partial charge in [0.05, 0.1) is 0 Å². The Hall–Kier alpha value is -2.49. The van der Waals surface area contributed by atoms with Crippen LogP contribution in [0.25, 0.3) is 5.76 Å². The van der Waals surface area contributed by atoms with Crippen LogP contribution in [0.2, 0.25) is 0 Å². The second-order valence-electron chi connectivity index (χ2n) is 6.56. The summed E-state index contributed by atoms with van der Waals surface area (Å²) in [6.07, 6.45) is 0.555. The average Bonchev–Trinajstić information content (AvgIpc) is 2.50. The molecule has 2 rings (SSSR count). The van der Waals surface area contributed by atoms with Crippen LogP contribution >= 0.6 is 0 Å². The highest BCUT2D eigenvalue weighted by Crippen LogP contribution is 2.34. The Balaban J connectivity index is 2.59. The summed E-state index contributed by atoms with van der Waals surface area (Å²) in [5, 5.41) is 10.5. The first kappa shape index (κ1) is 17.9. The fraction of sp³-hybridized carbons (Fsp3) is 0.350. The summed E-state index contributed by atoms with van der Waals surface area (Å²) in [4.78, 5) is 36.9. The molecule has 0 atom stereocenters. The van der Waals surface area contributed by atoms with Gasteiger partial charge in [-0.2, -0.15) is 0 Å². The summed E-state index contributed by atoms with van der Waals surface area (Å²) < 4.78 is 0. The lowest BCUT2D eigenvalue weighted by Crippen LogP contribution is -2.28. The van der Waals surface area contributed by atoms with Crippen LogP contribution < -0.4 is 0 Å². The van der Waals surface area contributed by atoms with Crippen LogP contribution in [0, 0.1) is 12.8 Å². The maximum atomic E-state index is 12.6. The third-order valence-electron chi connectivity index (χ3n) is 4.39. The van der Waals surface area contributed by atoms with E-state index in [9.17, 15) is 19.5 Å². The number of hydrogen-bond acceptors (Lipinski definition) is 4. The van der Waals surface area contributed by atoms with Gasteiger partial charge >= 0.3 is 0 Å². The van der Waals surface area contributed by atoms with E-state index in [1.807, 2.05) is 6.92 Å². The van der Waals surface area contributed by atoms with Crippen molar-refractivity contribution in [2.75, 3.05) is 0 Å². The van der Waals surface area contributed by atoms with Crippen molar-refractivity contribution in [3.05, 3.63) is 52.1 Å². The van der Waals surface area contributed by atoms with Gasteiger partial charge < -0.3 is 5.11 Å². The first-order valence-corrected chi connectivity index (χ1v) is 8.00. The maximum Gasteiger partial charge on any atom is 0.234 e. The van der Waals surface area contributed by atoms with Crippen molar-refractivity contribution in [2.45, 2.75) is 40.5 Å². The number of aryl methyl sites for hydroxylation is 1. The molecule has 0 aromatic heterocycles. The quantitative estimate of drug-likeness (QED) is 0.660. The Morgan fingerprint density at radius 2 is 1.83 bits per heavy atom. The van der Waals surface area contributed by atoms with Crippen LogP contribution in [0.1, 0.15) is 54.2 Å². The number of hydrogen-bond donors (Lipinski definition) is 1. The third kappa shape index (κ3) is 2.96. The van der Waals surface area contributed by atoms with Gasteiger partial charge in [-0.15, -0.1) is 0 Å². The van der Waals surface area contributed by atoms with E-state index in [4.69, 9.17) is 0 Å². The van der Waals surface area contributed by atoms with Crippen LogP contribution in [0.3, 0.4) is 0 Å². The smallest absolute Gasteiger partial charge is 0.234 e. The molecule has 4 nitrogen and oxygen atoms in total. The Morgan fingerprint density at radius 3 is 2.38 bits per heavy atom. The van der Waals surface area contributed by atoms with Crippen molar-refractivity contribution < 1.29 is 19.5 Å². The number of aliphatic hydroxyl groups excluding tert-OH is 1. The average molecular weight is 326 g/mol. The summed E-state index contributed by atoms with van der Waals surface area (Å²) in [7, 11) is 0. The van der Waals surface area contributed by atoms with Crippen molar-refractivity contribution in [3.63, 3.8) is 0 Å². The van der Waals surface area contributed by atoms with Crippen LogP contribution in [0.4, 0.5) is 0 Å². The molecule has 0 spiro atoms. The summed E-state index contributed by atoms with van der Waals surface area (Å²) >= 11 is 0. The molecule has 0 radical (unpaired) electrons. The molecule has 0 bridgehead atoms. The van der Waals surface area contributed by atoms with Gasteiger partial charge in [0.15, 0.2) is 5.78 Å². The number of fused-ring (bicyclic) bond motifs is 1. The van der Waals surface area contributed by atoms with E-state index in [0.29, 0.717) is 23.1 Å². The Morgan fingerprint density at radius 1 is 1.21 bits per heavy atom. The van der Waals surface area contributed by atoms with Crippen molar-refractivity contribution in [2.24, 2.45) is 5.92 Å². The predicted octanol–water partition coefficient (Wildman–Crippen LogP) is 3.76. The number of ketones is 3. The maximum absolute atomic E-state index is 12.6. The molecule has 1 aromatic carbocycles. The molecular weight excluding hydrogens is 304 g/mol. The van der Waals surface area contributed by atoms with Crippen LogP contribution in [0.15, 0.2) is 29.9 Å². The first-order valence-electron chi connectivity index (χ1n) is 8.00. The molecule has 0 saturated carbocycles. The lowest BCUT2D eigenvalue weighted by atomic mass is 9.79. The highest BCUT2D eigenvalue weighted by atomic mass is 16.3. The van der Waals surface area contributed by atoms with E-state index in [1.165, 1.54) is 0 Å². The minimum Gasteiger partial charge on any atom is -0.507 e. The normalized spacial score (nSPS) is 14.2. The molecule has 1 aliphatic rings. The first-order chi connectivity index (χ1) is 11.2. The summed E-state index contributed by atoms with van der Waals surface area (Å²) in [5.74, 6) is -1.72. The van der Waals surface area contributed by atoms with Gasteiger partial charge in [0.25, 0.3) is 0 Å². The van der Waals surface area contributed by atoms with E-state index in [0.717, 1.165) is 5.56 Å². The van der Waals surface area contributed by atoms with Crippen LogP contribution in [-0.2, 0) is 16.0 Å². The summed E-state index contributed by atoms with van der Waals surface area (Å²) in [6, 6.07) is 3.47. The number of carbonyl (C=O) groups is 3. The van der Waals surface area contributed by atoms with Crippen LogP contribution in [0.5, 0.6) is 0 Å². The molecule has 4 heteroatoms. The SMILES string of the molecule is C=C(C)C(=O)CCc1c(C)ccc2c1C(=O)C(=O)C(C(C)C)=C2O. The van der Waals surface area contributed by atoms with Gasteiger partial charge in [0.1, 0.15) is 5.76 Å². The monoisotopic (exact) mass is 326 g/mol. The zero-order valence-corrected chi connectivity index (χ0v) is 14.5. The minimum atomic E-state index is -0.659. The molecule has 0 heterocycles. The molecule has 0 unspecified atom stereocenters. The second kappa shape index (κ2) is 6.56. The van der Waals surface area contributed by atoms with Gasteiger partial charge in [0.2, 0.25) is 11.6 Å². The number of benzene rings is 1. The van der Waals surface area contributed by atoms with Crippen molar-refractivity contribution >= 4 is 23.1 Å². The molecule has 1 aromatic rings. The van der Waals surface area contributed by atoms with Gasteiger partial charge in [0, 0.05) is 23.1 Å². The van der Waals surface area contributed by atoms with E-state index in [-0.39, 0.29) is 35.0 Å². The summed E-state index contributed by atoms with van der Waals surface area (Å²) in [6.45, 7) is 10.6. The van der Waals surface area contributed by atoms with E-state index >= 15 is 0 Å². The minimum absolute atomic E-state index is 0.0794. The zero-order chi connectivity index (χ0) is 18.2. The van der Waals surface area contributed by atoms with E-state index in [1.54, 1.807) is 32.9 Å². The van der Waals surface area contributed by atoms with E-state index < -0.39 is 11.6 Å².